The summed E-state index contributed by atoms with van der Waals surface area (Å²) < 4.78 is 0. The van der Waals surface area contributed by atoms with Crippen LogP contribution in [0.15, 0.2) is 0 Å². The van der Waals surface area contributed by atoms with Crippen molar-refractivity contribution in [3.63, 3.8) is 0 Å². The summed E-state index contributed by atoms with van der Waals surface area (Å²) in [7, 11) is 0. The first kappa shape index (κ1) is 16.9. The van der Waals surface area contributed by atoms with Crippen LogP contribution in [0.1, 0.15) is 47.0 Å². The molecule has 1 fully saturated rings. The Kier molecular flexibility index (Phi) is 7.33. The van der Waals surface area contributed by atoms with E-state index in [9.17, 15) is 5.11 Å². The van der Waals surface area contributed by atoms with E-state index in [1.54, 1.807) is 0 Å². The molecule has 2 unspecified atom stereocenters. The van der Waals surface area contributed by atoms with Crippen molar-refractivity contribution in [1.82, 2.24) is 10.2 Å². The van der Waals surface area contributed by atoms with Gasteiger partial charge in [0.1, 0.15) is 0 Å². The molecule has 0 aliphatic carbocycles. The maximum Gasteiger partial charge on any atom is 0.0471 e. The van der Waals surface area contributed by atoms with Crippen molar-refractivity contribution in [2.24, 2.45) is 17.3 Å². The number of nitrogens with zero attached hydrogens (tertiary/aromatic N) is 1. The fourth-order valence-electron chi connectivity index (χ4n) is 3.23. The standard InChI is InChI=1S/C16H34N2O/c1-5-7-16(4,12-17-9-14(2)3)13-18-8-6-15(10-18)11-19/h14-15,17,19H,5-13H2,1-4H3. The van der Waals surface area contributed by atoms with E-state index in [2.05, 4.69) is 37.9 Å². The van der Waals surface area contributed by atoms with Gasteiger partial charge in [-0.15, -0.1) is 0 Å². The Labute approximate surface area is 119 Å². The summed E-state index contributed by atoms with van der Waals surface area (Å²) in [5.74, 6) is 1.23. The number of rotatable bonds is 9. The van der Waals surface area contributed by atoms with Gasteiger partial charge in [0.15, 0.2) is 0 Å². The van der Waals surface area contributed by atoms with Crippen molar-refractivity contribution >= 4 is 0 Å². The van der Waals surface area contributed by atoms with Crippen LogP contribution in [-0.2, 0) is 0 Å². The molecule has 0 aromatic rings. The fraction of sp³-hybridized carbons (Fsp3) is 1.00. The Hall–Kier alpha value is -0.120. The van der Waals surface area contributed by atoms with Crippen molar-refractivity contribution in [1.29, 1.82) is 0 Å². The van der Waals surface area contributed by atoms with Crippen LogP contribution in [-0.4, -0.2) is 49.3 Å². The van der Waals surface area contributed by atoms with Gasteiger partial charge in [-0.05, 0) is 43.2 Å². The third kappa shape index (κ3) is 6.24. The van der Waals surface area contributed by atoms with Gasteiger partial charge in [-0.25, -0.2) is 0 Å². The summed E-state index contributed by atoms with van der Waals surface area (Å²) in [6.45, 7) is 15.2. The minimum Gasteiger partial charge on any atom is -0.396 e. The lowest BCUT2D eigenvalue weighted by molar-refractivity contribution is 0.158. The fourth-order valence-corrected chi connectivity index (χ4v) is 3.23. The molecule has 1 aliphatic heterocycles. The van der Waals surface area contributed by atoms with Crippen molar-refractivity contribution < 1.29 is 5.11 Å². The van der Waals surface area contributed by atoms with Gasteiger partial charge in [-0.2, -0.15) is 0 Å². The van der Waals surface area contributed by atoms with Crippen LogP contribution in [0, 0.1) is 17.3 Å². The maximum atomic E-state index is 9.25. The summed E-state index contributed by atoms with van der Waals surface area (Å²) in [5.41, 5.74) is 0.369. The van der Waals surface area contributed by atoms with Crippen LogP contribution in [0.5, 0.6) is 0 Å². The van der Waals surface area contributed by atoms with Crippen LogP contribution < -0.4 is 5.32 Å². The number of hydrogen-bond acceptors (Lipinski definition) is 3. The van der Waals surface area contributed by atoms with Crippen molar-refractivity contribution in [3.05, 3.63) is 0 Å². The van der Waals surface area contributed by atoms with Crippen molar-refractivity contribution in [2.75, 3.05) is 39.3 Å². The molecule has 0 saturated carbocycles. The highest BCUT2D eigenvalue weighted by atomic mass is 16.3. The van der Waals surface area contributed by atoms with Crippen molar-refractivity contribution in [3.8, 4) is 0 Å². The monoisotopic (exact) mass is 270 g/mol. The van der Waals surface area contributed by atoms with Crippen LogP contribution in [0.3, 0.4) is 0 Å². The molecule has 19 heavy (non-hydrogen) atoms. The number of hydrogen-bond donors (Lipinski definition) is 2. The van der Waals surface area contributed by atoms with E-state index in [1.165, 1.54) is 19.4 Å². The average molecular weight is 270 g/mol. The Morgan fingerprint density at radius 3 is 2.68 bits per heavy atom. The van der Waals surface area contributed by atoms with Gasteiger partial charge >= 0.3 is 0 Å². The van der Waals surface area contributed by atoms with Gasteiger partial charge in [-0.3, -0.25) is 0 Å². The van der Waals surface area contributed by atoms with Gasteiger partial charge in [0.05, 0.1) is 0 Å². The summed E-state index contributed by atoms with van der Waals surface area (Å²) in [6, 6.07) is 0. The van der Waals surface area contributed by atoms with E-state index in [1.807, 2.05) is 0 Å². The zero-order valence-electron chi connectivity index (χ0n) is 13.4. The SMILES string of the molecule is CCCC(C)(CNCC(C)C)CN1CCC(CO)C1. The summed E-state index contributed by atoms with van der Waals surface area (Å²) in [6.07, 6.45) is 3.69. The molecule has 1 heterocycles. The Morgan fingerprint density at radius 2 is 2.16 bits per heavy atom. The molecule has 0 aromatic heterocycles. The zero-order chi connectivity index (χ0) is 14.3. The highest BCUT2D eigenvalue weighted by molar-refractivity contribution is 4.84. The molecule has 2 atom stereocenters. The van der Waals surface area contributed by atoms with Gasteiger partial charge in [0.2, 0.25) is 0 Å². The predicted molar refractivity (Wildman–Crippen MR) is 82.4 cm³/mol. The minimum atomic E-state index is 0.354. The normalized spacial score (nSPS) is 24.0. The minimum absolute atomic E-state index is 0.354. The van der Waals surface area contributed by atoms with Crippen LogP contribution in [0.2, 0.25) is 0 Å². The second-order valence-corrected chi connectivity index (χ2v) is 7.16. The highest BCUT2D eigenvalue weighted by Gasteiger charge is 2.30. The molecule has 1 aliphatic rings. The molecule has 3 nitrogen and oxygen atoms in total. The largest absolute Gasteiger partial charge is 0.396 e. The summed E-state index contributed by atoms with van der Waals surface area (Å²) in [5, 5.41) is 12.9. The van der Waals surface area contributed by atoms with Gasteiger partial charge < -0.3 is 15.3 Å². The topological polar surface area (TPSA) is 35.5 Å². The van der Waals surface area contributed by atoms with E-state index in [-0.39, 0.29) is 0 Å². The predicted octanol–water partition coefficient (Wildman–Crippen LogP) is 2.35. The van der Waals surface area contributed by atoms with Crippen LogP contribution in [0.4, 0.5) is 0 Å². The number of nitrogens with one attached hydrogen (secondary N) is 1. The maximum absolute atomic E-state index is 9.25. The number of aliphatic hydroxyl groups is 1. The van der Waals surface area contributed by atoms with E-state index < -0.39 is 0 Å². The van der Waals surface area contributed by atoms with E-state index >= 15 is 0 Å². The Morgan fingerprint density at radius 1 is 1.42 bits per heavy atom. The van der Waals surface area contributed by atoms with Gasteiger partial charge in [0, 0.05) is 26.2 Å². The molecule has 0 aromatic carbocycles. The molecule has 0 radical (unpaired) electrons. The van der Waals surface area contributed by atoms with Crippen molar-refractivity contribution in [2.45, 2.75) is 47.0 Å². The lowest BCUT2D eigenvalue weighted by Crippen LogP contribution is -2.42. The lowest BCUT2D eigenvalue weighted by atomic mass is 9.84. The molecule has 1 saturated heterocycles. The molecule has 2 N–H and O–H groups in total. The molecule has 1 rings (SSSR count). The first-order valence-electron chi connectivity index (χ1n) is 8.03. The van der Waals surface area contributed by atoms with E-state index in [4.69, 9.17) is 0 Å². The van der Waals surface area contributed by atoms with E-state index in [0.717, 1.165) is 38.5 Å². The smallest absolute Gasteiger partial charge is 0.0471 e. The molecular weight excluding hydrogens is 236 g/mol. The van der Waals surface area contributed by atoms with Gasteiger partial charge in [0.25, 0.3) is 0 Å². The third-order valence-corrected chi connectivity index (χ3v) is 4.19. The summed E-state index contributed by atoms with van der Waals surface area (Å²) in [4.78, 5) is 2.55. The molecule has 0 spiro atoms. The lowest BCUT2D eigenvalue weighted by Gasteiger charge is -2.34. The number of aliphatic hydroxyl groups excluding tert-OH is 1. The molecule has 114 valence electrons. The Bertz CT molecular complexity index is 245. The molecule has 3 heteroatoms. The zero-order valence-corrected chi connectivity index (χ0v) is 13.4. The third-order valence-electron chi connectivity index (χ3n) is 4.19. The van der Waals surface area contributed by atoms with E-state index in [0.29, 0.717) is 17.9 Å². The molecule has 0 bridgehead atoms. The van der Waals surface area contributed by atoms with Gasteiger partial charge in [-0.1, -0.05) is 34.1 Å². The second-order valence-electron chi connectivity index (χ2n) is 7.16. The first-order chi connectivity index (χ1) is 8.99. The average Bonchev–Trinajstić information content (AvgIpc) is 2.76. The second kappa shape index (κ2) is 8.23. The highest BCUT2D eigenvalue weighted by Crippen LogP contribution is 2.27. The molecule has 0 amide bonds. The quantitative estimate of drug-likeness (QED) is 0.675. The van der Waals surface area contributed by atoms with Crippen LogP contribution in [0.25, 0.3) is 0 Å². The molecular formula is C16H34N2O. The summed E-state index contributed by atoms with van der Waals surface area (Å²) >= 11 is 0. The van der Waals surface area contributed by atoms with Crippen LogP contribution >= 0.6 is 0 Å². The first-order valence-corrected chi connectivity index (χ1v) is 8.03. The Balaban J connectivity index is 2.41. The number of likely N-dealkylation sites (tertiary alicyclic amines) is 1.